The predicted octanol–water partition coefficient (Wildman–Crippen LogP) is 2.27. The fraction of sp³-hybridized carbons (Fsp3) is 0.273. The lowest BCUT2D eigenvalue weighted by atomic mass is 10.2. The summed E-state index contributed by atoms with van der Waals surface area (Å²) in [4.78, 5) is 11.9. The van der Waals surface area contributed by atoms with Gasteiger partial charge in [-0.2, -0.15) is 0 Å². The lowest BCUT2D eigenvalue weighted by Gasteiger charge is -2.08. The molecule has 2 aromatic rings. The minimum absolute atomic E-state index is 0.925. The number of hydrogen-bond donors (Lipinski definition) is 0. The molecule has 0 unspecified atom stereocenters. The molecule has 2 aromatic heterocycles. The smallest absolute Gasteiger partial charge is 0.0871 e. The molecule has 0 N–H and O–H groups in total. The summed E-state index contributed by atoms with van der Waals surface area (Å²) in [6.45, 7) is 0.925. The van der Waals surface area contributed by atoms with Crippen LogP contribution in [0.15, 0.2) is 30.0 Å². The van der Waals surface area contributed by atoms with Crippen LogP contribution < -0.4 is 0 Å². The molecule has 0 atom stereocenters. The van der Waals surface area contributed by atoms with Crippen LogP contribution in [0.25, 0.3) is 11.3 Å². The average molecular weight is 219 g/mol. The topological polar surface area (TPSA) is 29.0 Å². The highest BCUT2D eigenvalue weighted by molar-refractivity contribution is 7.10. The molecule has 0 saturated heterocycles. The summed E-state index contributed by atoms with van der Waals surface area (Å²) in [5.74, 6) is 0. The van der Waals surface area contributed by atoms with E-state index in [0.717, 1.165) is 17.8 Å². The van der Waals surface area contributed by atoms with Crippen molar-refractivity contribution in [2.24, 2.45) is 0 Å². The van der Waals surface area contributed by atoms with E-state index in [1.54, 1.807) is 17.5 Å². The van der Waals surface area contributed by atoms with Crippen molar-refractivity contribution in [1.82, 2.24) is 14.9 Å². The molecule has 0 radical (unpaired) electrons. The Kier molecular flexibility index (Phi) is 3.08. The standard InChI is InChI=1S/C11H13N3S/c1-14(2)7-10-11(13-8-15-10)9-4-3-5-12-6-9/h3-6,8H,7H2,1-2H3. The van der Waals surface area contributed by atoms with Crippen molar-refractivity contribution in [3.8, 4) is 11.3 Å². The number of nitrogens with zero attached hydrogens (tertiary/aromatic N) is 3. The Bertz CT molecular complexity index is 422. The van der Waals surface area contributed by atoms with Crippen molar-refractivity contribution < 1.29 is 0 Å². The minimum atomic E-state index is 0.925. The van der Waals surface area contributed by atoms with Crippen molar-refractivity contribution in [3.63, 3.8) is 0 Å². The van der Waals surface area contributed by atoms with Crippen molar-refractivity contribution in [2.45, 2.75) is 6.54 Å². The van der Waals surface area contributed by atoms with E-state index in [2.05, 4.69) is 29.0 Å². The van der Waals surface area contributed by atoms with Gasteiger partial charge in [0.05, 0.1) is 11.2 Å². The maximum absolute atomic E-state index is 4.39. The lowest BCUT2D eigenvalue weighted by molar-refractivity contribution is 0.406. The molecular weight excluding hydrogens is 206 g/mol. The summed E-state index contributed by atoms with van der Waals surface area (Å²) in [6.07, 6.45) is 3.63. The highest BCUT2D eigenvalue weighted by Gasteiger charge is 2.08. The summed E-state index contributed by atoms with van der Waals surface area (Å²) >= 11 is 1.69. The largest absolute Gasteiger partial charge is 0.304 e. The minimum Gasteiger partial charge on any atom is -0.304 e. The zero-order valence-corrected chi connectivity index (χ0v) is 9.66. The van der Waals surface area contributed by atoms with Crippen LogP contribution in [0, 0.1) is 0 Å². The average Bonchev–Trinajstić information content (AvgIpc) is 2.66. The molecule has 3 nitrogen and oxygen atoms in total. The van der Waals surface area contributed by atoms with Gasteiger partial charge in [-0.1, -0.05) is 0 Å². The van der Waals surface area contributed by atoms with Gasteiger partial charge in [-0.05, 0) is 26.2 Å². The molecule has 0 aliphatic rings. The van der Waals surface area contributed by atoms with Crippen LogP contribution in [0.5, 0.6) is 0 Å². The number of aromatic nitrogens is 2. The molecule has 0 spiro atoms. The van der Waals surface area contributed by atoms with Gasteiger partial charge in [0, 0.05) is 29.4 Å². The molecule has 78 valence electrons. The first-order chi connectivity index (χ1) is 7.27. The summed E-state index contributed by atoms with van der Waals surface area (Å²) in [7, 11) is 4.12. The Hall–Kier alpha value is -1.26. The van der Waals surface area contributed by atoms with E-state index < -0.39 is 0 Å². The van der Waals surface area contributed by atoms with Crippen molar-refractivity contribution >= 4 is 11.3 Å². The van der Waals surface area contributed by atoms with Crippen molar-refractivity contribution in [2.75, 3.05) is 14.1 Å². The zero-order chi connectivity index (χ0) is 10.7. The Labute approximate surface area is 93.4 Å². The number of thiazole rings is 1. The van der Waals surface area contributed by atoms with Gasteiger partial charge in [-0.3, -0.25) is 4.98 Å². The maximum Gasteiger partial charge on any atom is 0.0871 e. The van der Waals surface area contributed by atoms with Crippen LogP contribution >= 0.6 is 11.3 Å². The molecule has 15 heavy (non-hydrogen) atoms. The Balaban J connectivity index is 2.33. The third-order valence-corrected chi connectivity index (χ3v) is 2.85. The Morgan fingerprint density at radius 3 is 2.93 bits per heavy atom. The predicted molar refractivity (Wildman–Crippen MR) is 62.7 cm³/mol. The molecule has 2 heterocycles. The van der Waals surface area contributed by atoms with Crippen LogP contribution in [0.4, 0.5) is 0 Å². The number of pyridine rings is 1. The van der Waals surface area contributed by atoms with Gasteiger partial charge in [-0.25, -0.2) is 4.98 Å². The number of rotatable bonds is 3. The summed E-state index contributed by atoms with van der Waals surface area (Å²) in [5, 5.41) is 0. The molecule has 4 heteroatoms. The molecule has 0 aliphatic carbocycles. The highest BCUT2D eigenvalue weighted by atomic mass is 32.1. The first-order valence-electron chi connectivity index (χ1n) is 4.75. The molecular formula is C11H13N3S. The van der Waals surface area contributed by atoms with E-state index in [4.69, 9.17) is 0 Å². The SMILES string of the molecule is CN(C)Cc1scnc1-c1cccnc1. The van der Waals surface area contributed by atoms with Gasteiger partial charge in [-0.15, -0.1) is 11.3 Å². The van der Waals surface area contributed by atoms with Gasteiger partial charge in [0.25, 0.3) is 0 Å². The van der Waals surface area contributed by atoms with Crippen LogP contribution in [-0.2, 0) is 6.54 Å². The van der Waals surface area contributed by atoms with Crippen molar-refractivity contribution in [1.29, 1.82) is 0 Å². The highest BCUT2D eigenvalue weighted by Crippen LogP contribution is 2.25. The van der Waals surface area contributed by atoms with E-state index in [-0.39, 0.29) is 0 Å². The Morgan fingerprint density at radius 2 is 2.27 bits per heavy atom. The van der Waals surface area contributed by atoms with E-state index in [9.17, 15) is 0 Å². The van der Waals surface area contributed by atoms with Crippen LogP contribution in [-0.4, -0.2) is 29.0 Å². The second-order valence-electron chi connectivity index (χ2n) is 3.60. The van der Waals surface area contributed by atoms with Gasteiger partial charge in [0.1, 0.15) is 0 Å². The fourth-order valence-electron chi connectivity index (χ4n) is 1.41. The molecule has 0 saturated carbocycles. The lowest BCUT2D eigenvalue weighted by Crippen LogP contribution is -2.10. The molecule has 0 amide bonds. The summed E-state index contributed by atoms with van der Waals surface area (Å²) in [6, 6.07) is 3.98. The summed E-state index contributed by atoms with van der Waals surface area (Å²) in [5.41, 5.74) is 4.04. The number of hydrogen-bond acceptors (Lipinski definition) is 4. The molecule has 2 rings (SSSR count). The van der Waals surface area contributed by atoms with Crippen LogP contribution in [0.2, 0.25) is 0 Å². The van der Waals surface area contributed by atoms with E-state index in [1.807, 2.05) is 23.8 Å². The van der Waals surface area contributed by atoms with Crippen molar-refractivity contribution in [3.05, 3.63) is 34.9 Å². The van der Waals surface area contributed by atoms with Gasteiger partial charge in [0.15, 0.2) is 0 Å². The second-order valence-corrected chi connectivity index (χ2v) is 4.54. The molecule has 0 aromatic carbocycles. The van der Waals surface area contributed by atoms with Gasteiger partial charge < -0.3 is 4.90 Å². The van der Waals surface area contributed by atoms with Crippen LogP contribution in [0.3, 0.4) is 0 Å². The molecule has 0 bridgehead atoms. The van der Waals surface area contributed by atoms with Gasteiger partial charge >= 0.3 is 0 Å². The quantitative estimate of drug-likeness (QED) is 0.793. The second kappa shape index (κ2) is 4.51. The summed E-state index contributed by atoms with van der Waals surface area (Å²) < 4.78 is 0. The van der Waals surface area contributed by atoms with Crippen LogP contribution in [0.1, 0.15) is 4.88 Å². The zero-order valence-electron chi connectivity index (χ0n) is 8.84. The first kappa shape index (κ1) is 10.3. The van der Waals surface area contributed by atoms with E-state index >= 15 is 0 Å². The molecule has 0 fully saturated rings. The first-order valence-corrected chi connectivity index (χ1v) is 5.63. The normalized spacial score (nSPS) is 10.9. The third kappa shape index (κ3) is 2.40. The third-order valence-electron chi connectivity index (χ3n) is 2.04. The van der Waals surface area contributed by atoms with E-state index in [1.165, 1.54) is 4.88 Å². The fourth-order valence-corrected chi connectivity index (χ4v) is 2.31. The molecule has 0 aliphatic heterocycles. The van der Waals surface area contributed by atoms with Gasteiger partial charge in [0.2, 0.25) is 0 Å². The maximum atomic E-state index is 4.39. The monoisotopic (exact) mass is 219 g/mol. The Morgan fingerprint density at radius 1 is 1.40 bits per heavy atom. The van der Waals surface area contributed by atoms with E-state index in [0.29, 0.717) is 0 Å².